The van der Waals surface area contributed by atoms with Gasteiger partial charge in [-0.15, -0.1) is 0 Å². The van der Waals surface area contributed by atoms with E-state index in [0.29, 0.717) is 31.1 Å². The number of oxime groups is 1. The first-order valence-corrected chi connectivity index (χ1v) is 12.8. The second kappa shape index (κ2) is 9.78. The summed E-state index contributed by atoms with van der Waals surface area (Å²) in [6.07, 6.45) is 0.748. The van der Waals surface area contributed by atoms with Gasteiger partial charge in [-0.25, -0.2) is 0 Å². The normalized spacial score (nSPS) is 21.9. The van der Waals surface area contributed by atoms with E-state index in [-0.39, 0.29) is 27.4 Å². The molecule has 3 aliphatic rings. The van der Waals surface area contributed by atoms with Crippen LogP contribution in [0.2, 0.25) is 10.0 Å². The maximum atomic E-state index is 14.3. The zero-order valence-electron chi connectivity index (χ0n) is 19.5. The molecule has 2 aromatic rings. The maximum Gasteiger partial charge on any atom is 0.435 e. The summed E-state index contributed by atoms with van der Waals surface area (Å²) in [7, 11) is 0. The smallest absolute Gasteiger partial charge is 0.372 e. The van der Waals surface area contributed by atoms with Crippen LogP contribution in [0.3, 0.4) is 0 Å². The summed E-state index contributed by atoms with van der Waals surface area (Å²) in [5.41, 5.74) is -0.493. The second-order valence-corrected chi connectivity index (χ2v) is 10.7. The first-order chi connectivity index (χ1) is 17.1. The highest BCUT2D eigenvalue weighted by Crippen LogP contribution is 2.49. The van der Waals surface area contributed by atoms with Crippen LogP contribution < -0.4 is 5.32 Å². The zero-order valence-corrected chi connectivity index (χ0v) is 21.0. The van der Waals surface area contributed by atoms with E-state index in [1.807, 2.05) is 12.1 Å². The number of alkyl halides is 3. The Morgan fingerprint density at radius 3 is 2.47 bits per heavy atom. The van der Waals surface area contributed by atoms with Gasteiger partial charge in [0.25, 0.3) is 11.5 Å². The summed E-state index contributed by atoms with van der Waals surface area (Å²) in [6.45, 7) is 1.37. The molecule has 1 atom stereocenters. The standard InChI is InChI=1S/C26H26Cl2F3N3O2/c27-21-10-20(11-22(28)12-21)25(26(29,30)31)13-23(33-36-25)34-14-18-6-5-17(9-19(18)15-34)24(35)32-8-7-16-3-1-2-4-16/h5-6,9-12,16H,1-4,7-8,13-15H2,(H,32,35). The number of hydrogen-bond acceptors (Lipinski definition) is 4. The van der Waals surface area contributed by atoms with E-state index >= 15 is 0 Å². The molecule has 192 valence electrons. The molecule has 1 saturated carbocycles. The molecule has 2 aromatic carbocycles. The number of nitrogens with one attached hydrogen (secondary N) is 1. The van der Waals surface area contributed by atoms with Crippen molar-refractivity contribution in [1.29, 1.82) is 0 Å². The molecule has 1 unspecified atom stereocenters. The van der Waals surface area contributed by atoms with Crippen LogP contribution in [0.15, 0.2) is 41.6 Å². The number of benzene rings is 2. The van der Waals surface area contributed by atoms with Crippen LogP contribution in [0.5, 0.6) is 0 Å². The minimum atomic E-state index is -4.75. The molecule has 0 spiro atoms. The Morgan fingerprint density at radius 1 is 1.08 bits per heavy atom. The molecule has 1 N–H and O–H groups in total. The lowest BCUT2D eigenvalue weighted by molar-refractivity contribution is -0.275. The monoisotopic (exact) mass is 539 g/mol. The fourth-order valence-electron chi connectivity index (χ4n) is 5.35. The van der Waals surface area contributed by atoms with Gasteiger partial charge in [0.05, 0.1) is 6.42 Å². The highest BCUT2D eigenvalue weighted by Gasteiger charge is 2.63. The molecule has 2 heterocycles. The number of rotatable bonds is 5. The van der Waals surface area contributed by atoms with Crippen molar-refractivity contribution in [2.75, 3.05) is 6.54 Å². The molecule has 1 fully saturated rings. The van der Waals surface area contributed by atoms with E-state index in [0.717, 1.165) is 17.5 Å². The number of halogens is 5. The van der Waals surface area contributed by atoms with Gasteiger partial charge in [0.2, 0.25) is 0 Å². The van der Waals surface area contributed by atoms with Crippen molar-refractivity contribution in [3.63, 3.8) is 0 Å². The Labute approximate surface area is 217 Å². The fraction of sp³-hybridized carbons (Fsp3) is 0.462. The van der Waals surface area contributed by atoms with Crippen molar-refractivity contribution < 1.29 is 22.8 Å². The molecule has 5 nitrogen and oxygen atoms in total. The van der Waals surface area contributed by atoms with Crippen molar-refractivity contribution in [2.45, 2.75) is 63.4 Å². The lowest BCUT2D eigenvalue weighted by atomic mass is 9.89. The summed E-state index contributed by atoms with van der Waals surface area (Å²) < 4.78 is 42.8. The Balaban J connectivity index is 1.27. The third-order valence-electron chi connectivity index (χ3n) is 7.37. The average Bonchev–Trinajstić information content (AvgIpc) is 3.56. The third-order valence-corrected chi connectivity index (χ3v) is 7.81. The number of amidine groups is 1. The second-order valence-electron chi connectivity index (χ2n) is 9.79. The van der Waals surface area contributed by atoms with Crippen LogP contribution in [-0.2, 0) is 23.5 Å². The maximum absolute atomic E-state index is 14.3. The molecule has 0 aromatic heterocycles. The predicted octanol–water partition coefficient (Wildman–Crippen LogP) is 6.81. The summed E-state index contributed by atoms with van der Waals surface area (Å²) in [6, 6.07) is 9.20. The van der Waals surface area contributed by atoms with Crippen LogP contribution in [0.1, 0.15) is 65.6 Å². The van der Waals surface area contributed by atoms with Crippen LogP contribution in [0.25, 0.3) is 0 Å². The van der Waals surface area contributed by atoms with Crippen molar-refractivity contribution >= 4 is 34.9 Å². The highest BCUT2D eigenvalue weighted by molar-refractivity contribution is 6.34. The Bertz CT molecular complexity index is 1180. The largest absolute Gasteiger partial charge is 0.435 e. The number of nitrogens with zero attached hydrogens (tertiary/aromatic N) is 2. The van der Waals surface area contributed by atoms with Crippen LogP contribution >= 0.6 is 23.2 Å². The van der Waals surface area contributed by atoms with Crippen molar-refractivity contribution in [3.05, 3.63) is 68.7 Å². The van der Waals surface area contributed by atoms with Crippen molar-refractivity contribution in [3.8, 4) is 0 Å². The molecule has 0 radical (unpaired) electrons. The molecular weight excluding hydrogens is 514 g/mol. The number of amides is 1. The molecule has 2 aliphatic heterocycles. The van der Waals surface area contributed by atoms with Crippen LogP contribution in [0, 0.1) is 5.92 Å². The van der Waals surface area contributed by atoms with Gasteiger partial charge in [0, 0.05) is 40.8 Å². The molecule has 0 saturated heterocycles. The van der Waals surface area contributed by atoms with Gasteiger partial charge in [-0.2, -0.15) is 13.2 Å². The van der Waals surface area contributed by atoms with Gasteiger partial charge in [-0.05, 0) is 53.8 Å². The summed E-state index contributed by atoms with van der Waals surface area (Å²) in [4.78, 5) is 19.5. The van der Waals surface area contributed by atoms with Crippen LogP contribution in [0.4, 0.5) is 13.2 Å². The Hall–Kier alpha value is -2.45. The van der Waals surface area contributed by atoms with E-state index in [1.54, 1.807) is 11.0 Å². The lowest BCUT2D eigenvalue weighted by Crippen LogP contribution is -2.43. The molecule has 1 amide bonds. The quantitative estimate of drug-likeness (QED) is 0.454. The third kappa shape index (κ3) is 4.90. The molecule has 1 aliphatic carbocycles. The molecule has 36 heavy (non-hydrogen) atoms. The van der Waals surface area contributed by atoms with Crippen LogP contribution in [-0.4, -0.2) is 29.4 Å². The van der Waals surface area contributed by atoms with Gasteiger partial charge >= 0.3 is 6.18 Å². The first-order valence-electron chi connectivity index (χ1n) is 12.1. The van der Waals surface area contributed by atoms with Crippen molar-refractivity contribution in [2.24, 2.45) is 11.1 Å². The van der Waals surface area contributed by atoms with Gasteiger partial charge in [-0.3, -0.25) is 4.79 Å². The molecule has 10 heteroatoms. The van der Waals surface area contributed by atoms with Gasteiger partial charge in [0.15, 0.2) is 0 Å². The first kappa shape index (κ1) is 25.2. The number of hydrogen-bond donors (Lipinski definition) is 1. The minimum Gasteiger partial charge on any atom is -0.372 e. The SMILES string of the molecule is O=C(NCCC1CCCC1)c1ccc2c(c1)CN(C1=NOC(c3cc(Cl)cc(Cl)c3)(C(F)(F)F)C1)C2. The van der Waals surface area contributed by atoms with Gasteiger partial charge < -0.3 is 15.1 Å². The summed E-state index contributed by atoms with van der Waals surface area (Å²) in [5, 5.41) is 7.01. The highest BCUT2D eigenvalue weighted by atomic mass is 35.5. The number of carbonyl (C=O) groups excluding carboxylic acids is 1. The van der Waals surface area contributed by atoms with E-state index in [4.69, 9.17) is 28.0 Å². The lowest BCUT2D eigenvalue weighted by Gasteiger charge is -2.30. The Morgan fingerprint density at radius 2 is 1.78 bits per heavy atom. The topological polar surface area (TPSA) is 53.9 Å². The van der Waals surface area contributed by atoms with E-state index in [9.17, 15) is 18.0 Å². The molecular formula is C26H26Cl2F3N3O2. The van der Waals surface area contributed by atoms with Gasteiger partial charge in [-0.1, -0.05) is 60.1 Å². The van der Waals surface area contributed by atoms with Gasteiger partial charge in [0.1, 0.15) is 5.84 Å². The predicted molar refractivity (Wildman–Crippen MR) is 132 cm³/mol. The Kier molecular flexibility index (Phi) is 6.85. The zero-order chi connectivity index (χ0) is 25.5. The molecule has 5 rings (SSSR count). The van der Waals surface area contributed by atoms with E-state index in [1.165, 1.54) is 43.9 Å². The number of carbonyl (C=O) groups is 1. The minimum absolute atomic E-state index is 0.0841. The van der Waals surface area contributed by atoms with E-state index < -0.39 is 18.2 Å². The fourth-order valence-corrected chi connectivity index (χ4v) is 5.88. The summed E-state index contributed by atoms with van der Waals surface area (Å²) >= 11 is 12.0. The average molecular weight is 540 g/mol. The van der Waals surface area contributed by atoms with Crippen molar-refractivity contribution in [1.82, 2.24) is 10.2 Å². The summed E-state index contributed by atoms with van der Waals surface area (Å²) in [5.74, 6) is 0.743. The number of fused-ring (bicyclic) bond motifs is 1. The van der Waals surface area contributed by atoms with E-state index in [2.05, 4.69) is 10.5 Å². The molecule has 0 bridgehead atoms.